The Hall–Kier alpha value is -1.04. The van der Waals surface area contributed by atoms with Gasteiger partial charge in [-0.2, -0.15) is 9.35 Å². The number of ketones is 1. The Bertz CT molecular complexity index is 425. The zero-order chi connectivity index (χ0) is 14.3. The van der Waals surface area contributed by atoms with Gasteiger partial charge in [-0.15, -0.1) is 0 Å². The fourth-order valence-corrected chi connectivity index (χ4v) is 2.41. The van der Waals surface area contributed by atoms with Crippen molar-refractivity contribution in [3.63, 3.8) is 0 Å². The second kappa shape index (κ2) is 8.19. The Morgan fingerprint density at radius 2 is 1.68 bits per heavy atom. The normalized spacial score (nSPS) is 12.6. The zero-order valence-electron chi connectivity index (χ0n) is 11.7. The SMILES string of the molecule is CCCN(CCC)OS(=O)c1ccc(C(C)=O)cc1. The van der Waals surface area contributed by atoms with Gasteiger partial charge in [0.25, 0.3) is 0 Å². The Morgan fingerprint density at radius 1 is 1.16 bits per heavy atom. The van der Waals surface area contributed by atoms with Crippen molar-refractivity contribution in [3.05, 3.63) is 29.8 Å². The van der Waals surface area contributed by atoms with Crippen LogP contribution in [0.4, 0.5) is 0 Å². The van der Waals surface area contributed by atoms with E-state index in [-0.39, 0.29) is 5.78 Å². The van der Waals surface area contributed by atoms with Gasteiger partial charge in [-0.05, 0) is 31.9 Å². The van der Waals surface area contributed by atoms with E-state index in [1.54, 1.807) is 29.3 Å². The molecule has 1 atom stereocenters. The van der Waals surface area contributed by atoms with Gasteiger partial charge in [0.15, 0.2) is 5.78 Å². The molecule has 5 heteroatoms. The van der Waals surface area contributed by atoms with Crippen molar-refractivity contribution in [3.8, 4) is 0 Å². The molecule has 0 N–H and O–H groups in total. The van der Waals surface area contributed by atoms with Crippen LogP contribution in [-0.2, 0) is 15.4 Å². The largest absolute Gasteiger partial charge is 0.295 e. The van der Waals surface area contributed by atoms with E-state index in [0.717, 1.165) is 25.9 Å². The number of hydroxylamine groups is 2. The summed E-state index contributed by atoms with van der Waals surface area (Å²) < 4.78 is 17.5. The third-order valence-corrected chi connectivity index (χ3v) is 3.58. The van der Waals surface area contributed by atoms with E-state index >= 15 is 0 Å². The number of Topliss-reactive ketones (excluding diaryl/α,β-unsaturated/α-hetero) is 1. The van der Waals surface area contributed by atoms with E-state index in [1.165, 1.54) is 6.92 Å². The summed E-state index contributed by atoms with van der Waals surface area (Å²) >= 11 is -1.52. The van der Waals surface area contributed by atoms with E-state index in [9.17, 15) is 9.00 Å². The monoisotopic (exact) mass is 283 g/mol. The van der Waals surface area contributed by atoms with Crippen LogP contribution in [0, 0.1) is 0 Å². The van der Waals surface area contributed by atoms with E-state index < -0.39 is 11.1 Å². The second-order valence-corrected chi connectivity index (χ2v) is 5.41. The van der Waals surface area contributed by atoms with Crippen molar-refractivity contribution in [2.75, 3.05) is 13.1 Å². The first-order valence-electron chi connectivity index (χ1n) is 6.54. The molecule has 1 unspecified atom stereocenters. The van der Waals surface area contributed by atoms with Crippen LogP contribution in [0.3, 0.4) is 0 Å². The fourth-order valence-electron chi connectivity index (χ4n) is 1.62. The lowest BCUT2D eigenvalue weighted by molar-refractivity contribution is -0.0443. The first-order valence-corrected chi connectivity index (χ1v) is 7.62. The van der Waals surface area contributed by atoms with E-state index in [4.69, 9.17) is 4.28 Å². The van der Waals surface area contributed by atoms with Crippen LogP contribution in [0.1, 0.15) is 44.0 Å². The van der Waals surface area contributed by atoms with Crippen molar-refractivity contribution in [1.29, 1.82) is 0 Å². The lowest BCUT2D eigenvalue weighted by atomic mass is 10.2. The van der Waals surface area contributed by atoms with E-state index in [1.807, 2.05) is 0 Å². The molecule has 1 aromatic carbocycles. The Kier molecular flexibility index (Phi) is 6.91. The van der Waals surface area contributed by atoms with Gasteiger partial charge >= 0.3 is 0 Å². The molecule has 0 aliphatic carbocycles. The van der Waals surface area contributed by atoms with E-state index in [0.29, 0.717) is 10.5 Å². The van der Waals surface area contributed by atoms with Crippen molar-refractivity contribution in [2.24, 2.45) is 0 Å². The van der Waals surface area contributed by atoms with Crippen molar-refractivity contribution in [2.45, 2.75) is 38.5 Å². The number of carbonyl (C=O) groups is 1. The smallest absolute Gasteiger partial charge is 0.206 e. The summed E-state index contributed by atoms with van der Waals surface area (Å²) in [6.45, 7) is 7.12. The molecule has 0 amide bonds. The molecule has 0 heterocycles. The molecule has 0 radical (unpaired) electrons. The van der Waals surface area contributed by atoms with Crippen molar-refractivity contribution < 1.29 is 13.3 Å². The first-order chi connectivity index (χ1) is 9.08. The second-order valence-electron chi connectivity index (χ2n) is 4.32. The van der Waals surface area contributed by atoms with Gasteiger partial charge in [0.1, 0.15) is 0 Å². The van der Waals surface area contributed by atoms with Crippen LogP contribution < -0.4 is 0 Å². The predicted octanol–water partition coefficient (Wildman–Crippen LogP) is 2.97. The van der Waals surface area contributed by atoms with Crippen LogP contribution in [0.15, 0.2) is 29.2 Å². The molecule has 0 aliphatic rings. The predicted molar refractivity (Wildman–Crippen MR) is 76.1 cm³/mol. The molecule has 19 heavy (non-hydrogen) atoms. The van der Waals surface area contributed by atoms with Crippen LogP contribution in [0.5, 0.6) is 0 Å². The minimum absolute atomic E-state index is 0.00292. The average molecular weight is 283 g/mol. The van der Waals surface area contributed by atoms with Gasteiger partial charge < -0.3 is 0 Å². The Balaban J connectivity index is 2.68. The number of nitrogens with zero attached hydrogens (tertiary/aromatic N) is 1. The molecule has 4 nitrogen and oxygen atoms in total. The zero-order valence-corrected chi connectivity index (χ0v) is 12.5. The highest BCUT2D eigenvalue weighted by atomic mass is 32.2. The van der Waals surface area contributed by atoms with Gasteiger partial charge in [0.2, 0.25) is 11.1 Å². The average Bonchev–Trinajstić information content (AvgIpc) is 2.39. The molecule has 0 bridgehead atoms. The van der Waals surface area contributed by atoms with Crippen LogP contribution in [-0.4, -0.2) is 28.1 Å². The van der Waals surface area contributed by atoms with Crippen molar-refractivity contribution in [1.82, 2.24) is 5.06 Å². The third-order valence-electron chi connectivity index (χ3n) is 2.57. The number of benzene rings is 1. The minimum atomic E-state index is -1.52. The number of carbonyl (C=O) groups excluding carboxylic acids is 1. The molecule has 1 rings (SSSR count). The quantitative estimate of drug-likeness (QED) is 0.543. The van der Waals surface area contributed by atoms with Gasteiger partial charge in [-0.1, -0.05) is 26.0 Å². The van der Waals surface area contributed by atoms with Crippen LogP contribution >= 0.6 is 0 Å². The summed E-state index contributed by atoms with van der Waals surface area (Å²) in [5, 5.41) is 1.73. The number of hydrogen-bond acceptors (Lipinski definition) is 4. The van der Waals surface area contributed by atoms with Crippen LogP contribution in [0.25, 0.3) is 0 Å². The van der Waals surface area contributed by atoms with Gasteiger partial charge in [0.05, 0.1) is 4.90 Å². The molecule has 0 spiro atoms. The molecular weight excluding hydrogens is 262 g/mol. The molecular formula is C14H21NO3S. The molecule has 0 saturated heterocycles. The summed E-state index contributed by atoms with van der Waals surface area (Å²) in [4.78, 5) is 11.7. The van der Waals surface area contributed by atoms with Crippen LogP contribution in [0.2, 0.25) is 0 Å². The summed E-state index contributed by atoms with van der Waals surface area (Å²) in [5.74, 6) is -0.00292. The van der Waals surface area contributed by atoms with E-state index in [2.05, 4.69) is 13.8 Å². The van der Waals surface area contributed by atoms with Gasteiger partial charge in [0, 0.05) is 18.7 Å². The fraction of sp³-hybridized carbons (Fsp3) is 0.500. The Labute approximate surface area is 117 Å². The summed E-state index contributed by atoms with van der Waals surface area (Å²) in [6.07, 6.45) is 1.89. The number of rotatable bonds is 8. The summed E-state index contributed by atoms with van der Waals surface area (Å²) in [7, 11) is 0. The first kappa shape index (κ1) is 16.0. The lowest BCUT2D eigenvalue weighted by Gasteiger charge is -2.18. The highest BCUT2D eigenvalue weighted by Crippen LogP contribution is 2.12. The van der Waals surface area contributed by atoms with Gasteiger partial charge in [-0.25, -0.2) is 4.21 Å². The molecule has 0 fully saturated rings. The maximum absolute atomic E-state index is 12.0. The maximum Gasteiger partial charge on any atom is 0.206 e. The summed E-state index contributed by atoms with van der Waals surface area (Å²) in [5.41, 5.74) is 0.611. The molecule has 0 aliphatic heterocycles. The molecule has 106 valence electrons. The maximum atomic E-state index is 12.0. The minimum Gasteiger partial charge on any atom is -0.295 e. The molecule has 0 saturated carbocycles. The van der Waals surface area contributed by atoms with Gasteiger partial charge in [-0.3, -0.25) is 4.79 Å². The number of hydrogen-bond donors (Lipinski definition) is 0. The summed E-state index contributed by atoms with van der Waals surface area (Å²) in [6, 6.07) is 6.68. The molecule has 1 aromatic rings. The highest BCUT2D eigenvalue weighted by Gasteiger charge is 2.11. The topological polar surface area (TPSA) is 46.6 Å². The standard InChI is InChI=1S/C14H21NO3S/c1-4-10-15(11-5-2)18-19(17)14-8-6-13(7-9-14)12(3)16/h6-9H,4-5,10-11H2,1-3H3. The Morgan fingerprint density at radius 3 is 2.11 bits per heavy atom. The molecule has 0 aromatic heterocycles. The highest BCUT2D eigenvalue weighted by molar-refractivity contribution is 7.80. The lowest BCUT2D eigenvalue weighted by Crippen LogP contribution is -2.26. The third kappa shape index (κ3) is 5.22. The van der Waals surface area contributed by atoms with Crippen molar-refractivity contribution >= 4 is 16.9 Å².